The van der Waals surface area contributed by atoms with Crippen molar-refractivity contribution in [2.24, 2.45) is 0 Å². The van der Waals surface area contributed by atoms with Crippen LogP contribution in [0.1, 0.15) is 25.3 Å². The van der Waals surface area contributed by atoms with E-state index < -0.39 is 23.5 Å². The molecule has 0 aliphatic rings. The number of nitrogens with one attached hydrogen (secondary N) is 1. The first-order chi connectivity index (χ1) is 10.9. The maximum Gasteiger partial charge on any atom is 0.336 e. The summed E-state index contributed by atoms with van der Waals surface area (Å²) in [5.41, 5.74) is -0.108. The van der Waals surface area contributed by atoms with E-state index in [4.69, 9.17) is 4.42 Å². The van der Waals surface area contributed by atoms with Crippen LogP contribution in [0, 0.1) is 0 Å². The first-order valence-corrected chi connectivity index (χ1v) is 7.16. The second kappa shape index (κ2) is 6.95. The number of carbonyl (C=O) groups is 2. The molecule has 0 saturated carbocycles. The second-order valence-electron chi connectivity index (χ2n) is 5.18. The Morgan fingerprint density at radius 3 is 2.74 bits per heavy atom. The van der Waals surface area contributed by atoms with Crippen molar-refractivity contribution >= 4 is 22.8 Å². The molecule has 1 atom stereocenters. The van der Waals surface area contributed by atoms with E-state index >= 15 is 0 Å². The Morgan fingerprint density at radius 1 is 1.35 bits per heavy atom. The van der Waals surface area contributed by atoms with Crippen LogP contribution >= 0.6 is 0 Å². The highest BCUT2D eigenvalue weighted by atomic mass is 16.4. The number of aliphatic carboxylic acids is 1. The van der Waals surface area contributed by atoms with Gasteiger partial charge in [0.1, 0.15) is 11.3 Å². The van der Waals surface area contributed by atoms with Crippen LogP contribution in [0.4, 0.5) is 0 Å². The van der Waals surface area contributed by atoms with Crippen molar-refractivity contribution in [1.82, 2.24) is 5.32 Å². The summed E-state index contributed by atoms with van der Waals surface area (Å²) in [6.07, 6.45) is 0.663. The van der Waals surface area contributed by atoms with Crippen LogP contribution in [0.15, 0.2) is 33.5 Å². The fourth-order valence-corrected chi connectivity index (χ4v) is 2.32. The third kappa shape index (κ3) is 4.09. The Kier molecular flexibility index (Phi) is 5.00. The lowest BCUT2D eigenvalue weighted by Crippen LogP contribution is -2.48. The van der Waals surface area contributed by atoms with Crippen LogP contribution in [0.2, 0.25) is 0 Å². The minimum absolute atomic E-state index is 0.0674. The van der Waals surface area contributed by atoms with Gasteiger partial charge < -0.3 is 24.7 Å². The molecule has 1 aromatic carbocycles. The molecule has 0 aliphatic carbocycles. The normalized spacial score (nSPS) is 12.0. The number of fused-ring (bicyclic) bond motifs is 1. The zero-order chi connectivity index (χ0) is 17.0. The highest BCUT2D eigenvalue weighted by molar-refractivity contribution is 5.89. The molecule has 1 amide bonds. The third-order valence-corrected chi connectivity index (χ3v) is 3.36. The van der Waals surface area contributed by atoms with Gasteiger partial charge in [-0.05, 0) is 24.1 Å². The Bertz CT molecular complexity index is 795. The highest BCUT2D eigenvalue weighted by Crippen LogP contribution is 2.22. The van der Waals surface area contributed by atoms with Gasteiger partial charge in [-0.15, -0.1) is 0 Å². The van der Waals surface area contributed by atoms with Gasteiger partial charge in [0.25, 0.3) is 0 Å². The van der Waals surface area contributed by atoms with Gasteiger partial charge in [0.15, 0.2) is 0 Å². The Morgan fingerprint density at radius 2 is 2.09 bits per heavy atom. The van der Waals surface area contributed by atoms with Gasteiger partial charge in [0.05, 0.1) is 18.4 Å². The van der Waals surface area contributed by atoms with E-state index in [0.717, 1.165) is 0 Å². The molecule has 0 aliphatic heterocycles. The van der Waals surface area contributed by atoms with Crippen LogP contribution < -0.4 is 16.0 Å². The van der Waals surface area contributed by atoms with Gasteiger partial charge in [0, 0.05) is 17.5 Å². The monoisotopic (exact) mass is 318 g/mol. The SMILES string of the molecule is CCC[C@H](NC(=O)Cc1cc(=O)oc2cc(O)ccc12)C(=O)[O-]. The molecule has 1 aromatic heterocycles. The number of hydrogen-bond acceptors (Lipinski definition) is 6. The fourth-order valence-electron chi connectivity index (χ4n) is 2.32. The van der Waals surface area contributed by atoms with Crippen molar-refractivity contribution in [1.29, 1.82) is 0 Å². The average Bonchev–Trinajstić information content (AvgIpc) is 2.45. The predicted octanol–water partition coefficient (Wildman–Crippen LogP) is 0.0759. The number of carbonyl (C=O) groups excluding carboxylic acids is 2. The number of aromatic hydroxyl groups is 1. The summed E-state index contributed by atoms with van der Waals surface area (Å²) in [5.74, 6) is -1.95. The van der Waals surface area contributed by atoms with Gasteiger partial charge >= 0.3 is 5.63 Å². The number of hydrogen-bond donors (Lipinski definition) is 2. The Balaban J connectivity index is 2.25. The molecular weight excluding hydrogens is 302 g/mol. The lowest BCUT2D eigenvalue weighted by Gasteiger charge is -2.19. The number of rotatable bonds is 6. The zero-order valence-corrected chi connectivity index (χ0v) is 12.5. The highest BCUT2D eigenvalue weighted by Gasteiger charge is 2.15. The fraction of sp³-hybridized carbons (Fsp3) is 0.312. The molecule has 1 heterocycles. The lowest BCUT2D eigenvalue weighted by atomic mass is 10.1. The van der Waals surface area contributed by atoms with Crippen LogP contribution in [0.3, 0.4) is 0 Å². The minimum atomic E-state index is -1.34. The molecule has 0 saturated heterocycles. The molecule has 0 radical (unpaired) electrons. The molecule has 0 spiro atoms. The van der Waals surface area contributed by atoms with E-state index in [1.54, 1.807) is 6.92 Å². The van der Waals surface area contributed by atoms with Gasteiger partial charge in [-0.1, -0.05) is 13.3 Å². The number of phenolic OH excluding ortho intramolecular Hbond substituents is 1. The molecule has 23 heavy (non-hydrogen) atoms. The van der Waals surface area contributed by atoms with Gasteiger partial charge in [0.2, 0.25) is 5.91 Å². The maximum atomic E-state index is 12.0. The zero-order valence-electron chi connectivity index (χ0n) is 12.5. The number of carboxylic acids is 1. The smallest absolute Gasteiger partial charge is 0.336 e. The van der Waals surface area contributed by atoms with Crippen LogP contribution in [0.25, 0.3) is 11.0 Å². The molecular formula is C16H16NO6-. The quantitative estimate of drug-likeness (QED) is 0.728. The average molecular weight is 318 g/mol. The number of carboxylic acid groups (broad SMARTS) is 1. The van der Waals surface area contributed by atoms with Gasteiger partial charge in [-0.3, -0.25) is 4.79 Å². The van der Waals surface area contributed by atoms with Gasteiger partial charge in [-0.25, -0.2) is 4.79 Å². The van der Waals surface area contributed by atoms with Crippen molar-refractivity contribution in [3.05, 3.63) is 40.2 Å². The van der Waals surface area contributed by atoms with Crippen molar-refractivity contribution in [3.8, 4) is 5.75 Å². The summed E-state index contributed by atoms with van der Waals surface area (Å²) < 4.78 is 4.97. The van der Waals surface area contributed by atoms with E-state index in [-0.39, 0.29) is 24.2 Å². The van der Waals surface area contributed by atoms with E-state index in [1.807, 2.05) is 0 Å². The molecule has 0 fully saturated rings. The predicted molar refractivity (Wildman–Crippen MR) is 79.7 cm³/mol. The molecule has 0 unspecified atom stereocenters. The van der Waals surface area contributed by atoms with Crippen molar-refractivity contribution in [2.45, 2.75) is 32.2 Å². The largest absolute Gasteiger partial charge is 0.548 e. The van der Waals surface area contributed by atoms with Crippen LogP contribution in [-0.4, -0.2) is 23.0 Å². The lowest BCUT2D eigenvalue weighted by molar-refractivity contribution is -0.308. The van der Waals surface area contributed by atoms with Gasteiger partial charge in [-0.2, -0.15) is 0 Å². The molecule has 2 rings (SSSR count). The maximum absolute atomic E-state index is 12.0. The minimum Gasteiger partial charge on any atom is -0.548 e. The summed E-state index contributed by atoms with van der Waals surface area (Å²) in [6, 6.07) is 4.32. The van der Waals surface area contributed by atoms with Crippen molar-refractivity contribution in [3.63, 3.8) is 0 Å². The van der Waals surface area contributed by atoms with Crippen molar-refractivity contribution in [2.75, 3.05) is 0 Å². The van der Waals surface area contributed by atoms with E-state index in [2.05, 4.69) is 5.32 Å². The number of amides is 1. The first kappa shape index (κ1) is 16.5. The first-order valence-electron chi connectivity index (χ1n) is 7.16. The summed E-state index contributed by atoms with van der Waals surface area (Å²) in [6.45, 7) is 1.80. The molecule has 122 valence electrons. The molecule has 2 N–H and O–H groups in total. The number of benzene rings is 1. The van der Waals surface area contributed by atoms with Crippen LogP contribution in [-0.2, 0) is 16.0 Å². The van der Waals surface area contributed by atoms with E-state index in [9.17, 15) is 24.6 Å². The van der Waals surface area contributed by atoms with E-state index in [0.29, 0.717) is 17.4 Å². The summed E-state index contributed by atoms with van der Waals surface area (Å²) in [5, 5.41) is 23.3. The summed E-state index contributed by atoms with van der Waals surface area (Å²) >= 11 is 0. The number of phenols is 1. The Labute approximate surface area is 131 Å². The summed E-state index contributed by atoms with van der Waals surface area (Å²) in [7, 11) is 0. The summed E-state index contributed by atoms with van der Waals surface area (Å²) in [4.78, 5) is 34.5. The van der Waals surface area contributed by atoms with E-state index in [1.165, 1.54) is 24.3 Å². The third-order valence-electron chi connectivity index (χ3n) is 3.36. The topological polar surface area (TPSA) is 120 Å². The standard InChI is InChI=1S/C16H17NO6/c1-2-3-12(16(21)22)17-14(19)6-9-7-15(20)23-13-8-10(18)4-5-11(9)13/h4-5,7-8,12,18H,2-3,6H2,1H3,(H,17,19)(H,21,22)/p-1/t12-/m0/s1. The molecule has 7 nitrogen and oxygen atoms in total. The Hall–Kier alpha value is -2.83. The van der Waals surface area contributed by atoms with Crippen molar-refractivity contribution < 1.29 is 24.2 Å². The molecule has 0 bridgehead atoms. The second-order valence-corrected chi connectivity index (χ2v) is 5.18. The van der Waals surface area contributed by atoms with Crippen LogP contribution in [0.5, 0.6) is 5.75 Å². The molecule has 7 heteroatoms. The molecule has 2 aromatic rings.